The van der Waals surface area contributed by atoms with Gasteiger partial charge in [-0.3, -0.25) is 9.10 Å². The van der Waals surface area contributed by atoms with E-state index >= 15 is 0 Å². The summed E-state index contributed by atoms with van der Waals surface area (Å²) in [4.78, 5) is 12.4. The van der Waals surface area contributed by atoms with Crippen molar-refractivity contribution in [1.29, 1.82) is 0 Å². The van der Waals surface area contributed by atoms with Crippen LogP contribution in [0.5, 0.6) is 0 Å². The number of carbonyl (C=O) groups excluding carboxylic acids is 1. The summed E-state index contributed by atoms with van der Waals surface area (Å²) in [5.74, 6) is -0.979. The van der Waals surface area contributed by atoms with E-state index in [4.69, 9.17) is 23.2 Å². The summed E-state index contributed by atoms with van der Waals surface area (Å²) in [6, 6.07) is 16.9. The minimum absolute atomic E-state index is 0.0780. The minimum Gasteiger partial charge on any atom is -0.322 e. The van der Waals surface area contributed by atoms with Gasteiger partial charge in [0.1, 0.15) is 5.82 Å². The lowest BCUT2D eigenvalue weighted by molar-refractivity contribution is 0.102. The maximum atomic E-state index is 13.2. The van der Waals surface area contributed by atoms with Crippen molar-refractivity contribution in [3.63, 3.8) is 0 Å². The van der Waals surface area contributed by atoms with Crippen molar-refractivity contribution in [2.45, 2.75) is 6.54 Å². The van der Waals surface area contributed by atoms with Gasteiger partial charge in [0, 0.05) is 16.3 Å². The van der Waals surface area contributed by atoms with Crippen molar-refractivity contribution in [3.8, 4) is 0 Å². The normalized spacial score (nSPS) is 11.2. The van der Waals surface area contributed by atoms with Crippen LogP contribution in [0.25, 0.3) is 0 Å². The molecule has 0 aliphatic heterocycles. The molecule has 0 saturated carbocycles. The van der Waals surface area contributed by atoms with Crippen LogP contribution < -0.4 is 9.62 Å². The number of amides is 1. The number of sulfonamides is 1. The fourth-order valence-corrected chi connectivity index (χ4v) is 3.98. The average molecular weight is 467 g/mol. The number of nitrogens with zero attached hydrogens (tertiary/aromatic N) is 1. The molecular weight excluding hydrogens is 450 g/mol. The van der Waals surface area contributed by atoms with Gasteiger partial charge in [-0.2, -0.15) is 0 Å². The highest BCUT2D eigenvalue weighted by Gasteiger charge is 2.18. The zero-order valence-electron chi connectivity index (χ0n) is 15.8. The molecule has 3 aromatic rings. The summed E-state index contributed by atoms with van der Waals surface area (Å²) in [5, 5.41) is 2.96. The molecule has 0 fully saturated rings. The maximum absolute atomic E-state index is 13.2. The topological polar surface area (TPSA) is 66.5 Å². The zero-order valence-corrected chi connectivity index (χ0v) is 18.1. The Bertz CT molecular complexity index is 1190. The molecule has 0 saturated heterocycles. The lowest BCUT2D eigenvalue weighted by atomic mass is 10.1. The van der Waals surface area contributed by atoms with E-state index < -0.39 is 21.7 Å². The van der Waals surface area contributed by atoms with Crippen LogP contribution in [0.2, 0.25) is 10.0 Å². The lowest BCUT2D eigenvalue weighted by Gasteiger charge is -2.22. The van der Waals surface area contributed by atoms with Crippen molar-refractivity contribution in [3.05, 3.63) is 93.7 Å². The molecular formula is C21H17Cl2FN2O3S. The molecule has 5 nitrogen and oxygen atoms in total. The number of halogens is 3. The summed E-state index contributed by atoms with van der Waals surface area (Å²) >= 11 is 11.7. The highest BCUT2D eigenvalue weighted by atomic mass is 35.5. The second kappa shape index (κ2) is 9.04. The third kappa shape index (κ3) is 5.50. The molecule has 0 aliphatic rings. The van der Waals surface area contributed by atoms with Crippen LogP contribution in [0.1, 0.15) is 15.9 Å². The van der Waals surface area contributed by atoms with Gasteiger partial charge in [0.25, 0.3) is 5.91 Å². The predicted octanol–water partition coefficient (Wildman–Crippen LogP) is 5.35. The summed E-state index contributed by atoms with van der Waals surface area (Å²) in [5.41, 5.74) is 1.84. The molecule has 9 heteroatoms. The van der Waals surface area contributed by atoms with E-state index in [-0.39, 0.29) is 11.6 Å². The molecule has 0 aromatic heterocycles. The molecule has 1 amide bonds. The van der Waals surface area contributed by atoms with Gasteiger partial charge in [-0.05, 0) is 54.1 Å². The fraction of sp³-hybridized carbons (Fsp3) is 0.0952. The SMILES string of the molecule is CS(=O)(=O)N(Cc1ccc(C(=O)Nc2ccc(F)c(Cl)c2)cc1)c1cccc(Cl)c1. The van der Waals surface area contributed by atoms with E-state index in [1.165, 1.54) is 16.4 Å². The third-order valence-corrected chi connectivity index (χ3v) is 5.88. The number of anilines is 2. The van der Waals surface area contributed by atoms with Crippen LogP contribution in [0.3, 0.4) is 0 Å². The van der Waals surface area contributed by atoms with E-state index in [0.717, 1.165) is 12.3 Å². The van der Waals surface area contributed by atoms with Crippen LogP contribution in [-0.2, 0) is 16.6 Å². The molecule has 0 bridgehead atoms. The van der Waals surface area contributed by atoms with Gasteiger partial charge in [0.15, 0.2) is 0 Å². The van der Waals surface area contributed by atoms with E-state index in [2.05, 4.69) is 5.32 Å². The van der Waals surface area contributed by atoms with Crippen LogP contribution in [0, 0.1) is 5.82 Å². The Balaban J connectivity index is 1.76. The summed E-state index contributed by atoms with van der Waals surface area (Å²) in [6.07, 6.45) is 1.11. The van der Waals surface area contributed by atoms with E-state index in [9.17, 15) is 17.6 Å². The number of hydrogen-bond acceptors (Lipinski definition) is 3. The number of hydrogen-bond donors (Lipinski definition) is 1. The lowest BCUT2D eigenvalue weighted by Crippen LogP contribution is -2.29. The summed E-state index contributed by atoms with van der Waals surface area (Å²) < 4.78 is 39.0. The Kier molecular flexibility index (Phi) is 6.65. The molecule has 0 aliphatic carbocycles. The summed E-state index contributed by atoms with van der Waals surface area (Å²) in [7, 11) is -3.56. The van der Waals surface area contributed by atoms with Crippen molar-refractivity contribution >= 4 is 50.5 Å². The Hall–Kier alpha value is -2.61. The van der Waals surface area contributed by atoms with Crippen molar-refractivity contribution < 1.29 is 17.6 Å². The standard InChI is InChI=1S/C21H17Cl2FN2O3S/c1-30(28,29)26(18-4-2-3-16(22)11-18)13-14-5-7-15(8-6-14)21(27)25-17-9-10-20(24)19(23)12-17/h2-12H,13H2,1H3,(H,25,27). The number of nitrogens with one attached hydrogen (secondary N) is 1. The Morgan fingerprint density at radius 1 is 1.03 bits per heavy atom. The van der Waals surface area contributed by atoms with Gasteiger partial charge in [0.2, 0.25) is 10.0 Å². The van der Waals surface area contributed by atoms with Gasteiger partial charge >= 0.3 is 0 Å². The van der Waals surface area contributed by atoms with Crippen LogP contribution in [0.15, 0.2) is 66.7 Å². The Labute approximate surface area is 184 Å². The van der Waals surface area contributed by atoms with E-state index in [0.29, 0.717) is 27.5 Å². The van der Waals surface area contributed by atoms with Gasteiger partial charge in [-0.15, -0.1) is 0 Å². The van der Waals surface area contributed by atoms with Crippen molar-refractivity contribution in [1.82, 2.24) is 0 Å². The first kappa shape index (κ1) is 22.1. The van der Waals surface area contributed by atoms with Crippen molar-refractivity contribution in [2.75, 3.05) is 15.9 Å². The number of carbonyl (C=O) groups is 1. The Morgan fingerprint density at radius 3 is 2.33 bits per heavy atom. The minimum atomic E-state index is -3.56. The highest BCUT2D eigenvalue weighted by Crippen LogP contribution is 2.24. The van der Waals surface area contributed by atoms with Crippen LogP contribution in [0.4, 0.5) is 15.8 Å². The van der Waals surface area contributed by atoms with Gasteiger partial charge in [0.05, 0.1) is 23.5 Å². The number of benzene rings is 3. The van der Waals surface area contributed by atoms with E-state index in [1.54, 1.807) is 48.5 Å². The third-order valence-electron chi connectivity index (χ3n) is 4.22. The molecule has 156 valence electrons. The van der Waals surface area contributed by atoms with Crippen LogP contribution in [-0.4, -0.2) is 20.6 Å². The Morgan fingerprint density at radius 2 is 1.73 bits per heavy atom. The highest BCUT2D eigenvalue weighted by molar-refractivity contribution is 7.92. The first-order valence-corrected chi connectivity index (χ1v) is 11.3. The molecule has 0 atom stereocenters. The van der Waals surface area contributed by atoms with Gasteiger partial charge in [-0.25, -0.2) is 12.8 Å². The summed E-state index contributed by atoms with van der Waals surface area (Å²) in [6.45, 7) is 0.0780. The molecule has 0 unspecified atom stereocenters. The fourth-order valence-electron chi connectivity index (χ4n) is 2.74. The molecule has 3 rings (SSSR count). The molecule has 3 aromatic carbocycles. The zero-order chi connectivity index (χ0) is 21.9. The van der Waals surface area contributed by atoms with E-state index in [1.807, 2.05) is 0 Å². The second-order valence-corrected chi connectivity index (χ2v) is 9.28. The number of rotatable bonds is 6. The molecule has 1 N–H and O–H groups in total. The quantitative estimate of drug-likeness (QED) is 0.532. The van der Waals surface area contributed by atoms with Crippen molar-refractivity contribution in [2.24, 2.45) is 0 Å². The monoisotopic (exact) mass is 466 g/mol. The molecule has 0 spiro atoms. The largest absolute Gasteiger partial charge is 0.322 e. The maximum Gasteiger partial charge on any atom is 0.255 e. The molecule has 0 heterocycles. The molecule has 30 heavy (non-hydrogen) atoms. The first-order chi connectivity index (χ1) is 14.1. The average Bonchev–Trinajstić information content (AvgIpc) is 2.68. The second-order valence-electron chi connectivity index (χ2n) is 6.53. The molecule has 0 radical (unpaired) electrons. The van der Waals surface area contributed by atoms with Gasteiger partial charge < -0.3 is 5.32 Å². The predicted molar refractivity (Wildman–Crippen MR) is 118 cm³/mol. The van der Waals surface area contributed by atoms with Crippen LogP contribution >= 0.6 is 23.2 Å². The smallest absolute Gasteiger partial charge is 0.255 e. The van der Waals surface area contributed by atoms with Gasteiger partial charge in [-0.1, -0.05) is 41.4 Å². The first-order valence-electron chi connectivity index (χ1n) is 8.72.